The van der Waals surface area contributed by atoms with Gasteiger partial charge in [-0.2, -0.15) is 0 Å². The van der Waals surface area contributed by atoms with Crippen molar-refractivity contribution < 1.29 is 28.1 Å². The maximum atomic E-state index is 13.0. The van der Waals surface area contributed by atoms with E-state index in [1.807, 2.05) is 21.6 Å². The van der Waals surface area contributed by atoms with Crippen molar-refractivity contribution in [3.05, 3.63) is 24.2 Å². The van der Waals surface area contributed by atoms with Gasteiger partial charge in [0.2, 0.25) is 11.9 Å². The lowest BCUT2D eigenvalue weighted by Gasteiger charge is -2.35. The third-order valence-corrected chi connectivity index (χ3v) is 4.94. The van der Waals surface area contributed by atoms with E-state index in [1.54, 1.807) is 13.3 Å². The number of esters is 1. The Morgan fingerprint density at radius 3 is 2.96 bits per heavy atom. The van der Waals surface area contributed by atoms with E-state index < -0.39 is 30.5 Å². The van der Waals surface area contributed by atoms with Crippen LogP contribution in [-0.4, -0.2) is 88.8 Å². The van der Waals surface area contributed by atoms with Crippen molar-refractivity contribution in [1.29, 1.82) is 0 Å². The molecule has 3 amide bonds. The smallest absolute Gasteiger partial charge is 0.392 e. The number of carbonyl (C=O) groups is 3. The number of likely N-dealkylation sites (N-methyl/N-ethyl adjacent to an activating group) is 1. The quantitative estimate of drug-likeness (QED) is 0.530. The minimum absolute atomic E-state index is 0.382. The number of hydrogen-bond acceptors (Lipinski definition) is 7. The molecule has 0 saturated carbocycles. The number of fused-ring (bicyclic) bond motifs is 3. The van der Waals surface area contributed by atoms with E-state index in [0.29, 0.717) is 24.9 Å². The van der Waals surface area contributed by atoms with Crippen molar-refractivity contribution in [1.82, 2.24) is 14.7 Å². The highest BCUT2D eigenvalue weighted by Crippen LogP contribution is 2.26. The predicted octanol–water partition coefficient (Wildman–Crippen LogP) is -0.298. The zero-order chi connectivity index (χ0) is 19.1. The highest BCUT2D eigenvalue weighted by atomic mass is 16.5. The summed E-state index contributed by atoms with van der Waals surface area (Å²) in [6.07, 6.45) is 2.45. The number of amides is 3. The molecule has 1 aromatic rings. The highest BCUT2D eigenvalue weighted by Gasteiger charge is 2.56. The van der Waals surface area contributed by atoms with Gasteiger partial charge in [0.1, 0.15) is 18.8 Å². The SMILES string of the molecule is COC(=O)CN1C(=O)C2C(=NC3=[N+](Cc4ccco4)CCCN32)N(C)C1=O. The fraction of sp³-hybridized carbons (Fsp3) is 0.471. The number of methoxy groups -OCH3 is 1. The van der Waals surface area contributed by atoms with Crippen molar-refractivity contribution in [2.45, 2.75) is 19.0 Å². The standard InChI is InChI=1S/C17H20N5O5/c1-19-14-13(15(24)22(17(19)25)10-12(23)26-2)21-7-4-6-20(16(21)18-14)9-11-5-3-8-27-11/h3,5,8,13H,4,6-7,9-10H2,1-2H3/q+1. The Morgan fingerprint density at radius 2 is 2.26 bits per heavy atom. The summed E-state index contributed by atoms with van der Waals surface area (Å²) in [6, 6.07) is 2.40. The van der Waals surface area contributed by atoms with Crippen LogP contribution in [0.15, 0.2) is 27.8 Å². The number of ether oxygens (including phenoxy) is 1. The summed E-state index contributed by atoms with van der Waals surface area (Å²) in [6.45, 7) is 1.52. The lowest BCUT2D eigenvalue weighted by molar-refractivity contribution is -0.556. The van der Waals surface area contributed by atoms with Crippen LogP contribution in [0.1, 0.15) is 12.2 Å². The van der Waals surface area contributed by atoms with E-state index in [0.717, 1.165) is 23.6 Å². The molecule has 0 aromatic carbocycles. The largest absolute Gasteiger partial charge is 0.468 e. The molecule has 27 heavy (non-hydrogen) atoms. The zero-order valence-electron chi connectivity index (χ0n) is 15.1. The van der Waals surface area contributed by atoms with Crippen LogP contribution < -0.4 is 0 Å². The third-order valence-electron chi connectivity index (χ3n) is 4.94. The molecule has 4 heterocycles. The summed E-state index contributed by atoms with van der Waals surface area (Å²) >= 11 is 0. The summed E-state index contributed by atoms with van der Waals surface area (Å²) in [5, 5.41) is 0. The minimum Gasteiger partial charge on any atom is -0.468 e. The van der Waals surface area contributed by atoms with E-state index in [2.05, 4.69) is 9.73 Å². The minimum atomic E-state index is -0.716. The number of furan rings is 1. The van der Waals surface area contributed by atoms with Gasteiger partial charge in [-0.1, -0.05) is 4.99 Å². The molecule has 0 radical (unpaired) electrons. The first-order chi connectivity index (χ1) is 13.0. The number of carbonyl (C=O) groups excluding carboxylic acids is 3. The summed E-state index contributed by atoms with van der Waals surface area (Å²) in [4.78, 5) is 45.9. The topological polar surface area (TPSA) is 98.7 Å². The van der Waals surface area contributed by atoms with Gasteiger partial charge in [0, 0.05) is 13.5 Å². The van der Waals surface area contributed by atoms with Gasteiger partial charge in [-0.05, 0) is 12.1 Å². The Morgan fingerprint density at radius 1 is 1.44 bits per heavy atom. The van der Waals surface area contributed by atoms with Gasteiger partial charge in [-0.15, -0.1) is 0 Å². The second-order valence-electron chi connectivity index (χ2n) is 6.56. The average molecular weight is 374 g/mol. The lowest BCUT2D eigenvalue weighted by atomic mass is 10.1. The fourth-order valence-electron chi connectivity index (χ4n) is 3.60. The number of hydrogen-bond donors (Lipinski definition) is 0. The van der Waals surface area contributed by atoms with Gasteiger partial charge in [-0.3, -0.25) is 19.1 Å². The molecular weight excluding hydrogens is 354 g/mol. The molecule has 0 N–H and O–H groups in total. The predicted molar refractivity (Wildman–Crippen MR) is 92.0 cm³/mol. The van der Waals surface area contributed by atoms with Crippen molar-refractivity contribution >= 4 is 29.7 Å². The average Bonchev–Trinajstić information content (AvgIpc) is 3.31. The maximum Gasteiger partial charge on any atom is 0.392 e. The fourth-order valence-corrected chi connectivity index (χ4v) is 3.60. The van der Waals surface area contributed by atoms with Crippen molar-refractivity contribution in [3.63, 3.8) is 0 Å². The first-order valence-corrected chi connectivity index (χ1v) is 8.66. The van der Waals surface area contributed by atoms with E-state index in [1.165, 1.54) is 12.0 Å². The molecule has 1 atom stereocenters. The molecule has 10 nitrogen and oxygen atoms in total. The van der Waals surface area contributed by atoms with E-state index in [-0.39, 0.29) is 0 Å². The molecule has 0 spiro atoms. The number of guanidine groups is 1. The maximum absolute atomic E-state index is 13.0. The second-order valence-corrected chi connectivity index (χ2v) is 6.56. The van der Waals surface area contributed by atoms with Crippen LogP contribution in [0.25, 0.3) is 0 Å². The van der Waals surface area contributed by atoms with Gasteiger partial charge in [0.25, 0.3) is 5.91 Å². The molecule has 1 aromatic heterocycles. The van der Waals surface area contributed by atoms with Crippen molar-refractivity contribution in [2.24, 2.45) is 4.99 Å². The summed E-state index contributed by atoms with van der Waals surface area (Å²) in [7, 11) is 2.77. The molecule has 1 fully saturated rings. The Balaban J connectivity index is 1.68. The van der Waals surface area contributed by atoms with Gasteiger partial charge < -0.3 is 9.15 Å². The molecule has 1 unspecified atom stereocenters. The van der Waals surface area contributed by atoms with Crippen LogP contribution in [-0.2, 0) is 20.9 Å². The first-order valence-electron chi connectivity index (χ1n) is 8.66. The van der Waals surface area contributed by atoms with Gasteiger partial charge >= 0.3 is 18.0 Å². The Hall–Kier alpha value is -3.17. The van der Waals surface area contributed by atoms with Crippen LogP contribution >= 0.6 is 0 Å². The van der Waals surface area contributed by atoms with Crippen LogP contribution in [0.5, 0.6) is 0 Å². The normalized spacial score (nSPS) is 22.1. The van der Waals surface area contributed by atoms with Gasteiger partial charge in [-0.25, -0.2) is 14.6 Å². The first kappa shape index (κ1) is 17.3. The zero-order valence-corrected chi connectivity index (χ0v) is 15.1. The Kier molecular flexibility index (Phi) is 4.17. The number of urea groups is 1. The Labute approximate surface area is 155 Å². The number of aliphatic imine (C=N–C) groups is 1. The van der Waals surface area contributed by atoms with E-state index in [9.17, 15) is 14.4 Å². The molecular formula is C17H20N5O5+. The van der Waals surface area contributed by atoms with Crippen LogP contribution in [0, 0.1) is 0 Å². The molecule has 142 valence electrons. The Bertz CT molecular complexity index is 859. The number of imide groups is 1. The number of nitrogens with zero attached hydrogens (tertiary/aromatic N) is 5. The van der Waals surface area contributed by atoms with Crippen LogP contribution in [0.2, 0.25) is 0 Å². The molecule has 10 heteroatoms. The molecule has 0 aliphatic carbocycles. The summed E-state index contributed by atoms with van der Waals surface area (Å²) in [5.74, 6) is 0.711. The number of amidine groups is 1. The molecule has 3 aliphatic heterocycles. The van der Waals surface area contributed by atoms with Gasteiger partial charge in [0.15, 0.2) is 0 Å². The molecule has 0 bridgehead atoms. The summed E-state index contributed by atoms with van der Waals surface area (Å²) < 4.78 is 12.1. The molecule has 3 aliphatic rings. The van der Waals surface area contributed by atoms with Gasteiger partial charge in [0.05, 0.1) is 26.5 Å². The van der Waals surface area contributed by atoms with E-state index in [4.69, 9.17) is 4.42 Å². The van der Waals surface area contributed by atoms with E-state index >= 15 is 0 Å². The second kappa shape index (κ2) is 6.53. The highest BCUT2D eigenvalue weighted by molar-refractivity contribution is 6.26. The van der Waals surface area contributed by atoms with Crippen molar-refractivity contribution in [2.75, 3.05) is 33.8 Å². The molecule has 1 saturated heterocycles. The monoisotopic (exact) mass is 374 g/mol. The third kappa shape index (κ3) is 2.77. The van der Waals surface area contributed by atoms with Crippen LogP contribution in [0.4, 0.5) is 4.79 Å². The van der Waals surface area contributed by atoms with Crippen molar-refractivity contribution in [3.8, 4) is 0 Å². The van der Waals surface area contributed by atoms with Crippen LogP contribution in [0.3, 0.4) is 0 Å². The molecule has 4 rings (SSSR count). The number of rotatable bonds is 4. The lowest BCUT2D eigenvalue weighted by Crippen LogP contribution is -2.65. The summed E-state index contributed by atoms with van der Waals surface area (Å²) in [5.41, 5.74) is 0.